The van der Waals surface area contributed by atoms with Gasteiger partial charge >= 0.3 is 0 Å². The zero-order valence-electron chi connectivity index (χ0n) is 9.08. The number of hydrogen-bond donors (Lipinski definition) is 0. The van der Waals surface area contributed by atoms with Crippen molar-refractivity contribution in [3.05, 3.63) is 0 Å². The first kappa shape index (κ1) is 9.69. The molecule has 0 aromatic heterocycles. The highest BCUT2D eigenvalue weighted by atomic mass is 79.9. The van der Waals surface area contributed by atoms with Crippen LogP contribution in [-0.2, 0) is 0 Å². The number of halogens is 1. The maximum Gasteiger partial charge on any atom is 0.0174 e. The van der Waals surface area contributed by atoms with Crippen LogP contribution in [-0.4, -0.2) is 4.83 Å². The van der Waals surface area contributed by atoms with E-state index in [-0.39, 0.29) is 0 Å². The molecular formula is C13H21Br. The van der Waals surface area contributed by atoms with E-state index in [4.69, 9.17) is 0 Å². The summed E-state index contributed by atoms with van der Waals surface area (Å²) >= 11 is 3.84. The number of hydrogen-bond acceptors (Lipinski definition) is 0. The van der Waals surface area contributed by atoms with E-state index in [0.717, 1.165) is 34.4 Å². The van der Waals surface area contributed by atoms with Crippen LogP contribution in [0, 0.1) is 29.6 Å². The van der Waals surface area contributed by atoms with Gasteiger partial charge in [-0.05, 0) is 61.7 Å². The fourth-order valence-electron chi connectivity index (χ4n) is 4.57. The average molecular weight is 257 g/mol. The van der Waals surface area contributed by atoms with Crippen LogP contribution >= 0.6 is 15.9 Å². The fourth-order valence-corrected chi connectivity index (χ4v) is 5.22. The van der Waals surface area contributed by atoms with Crippen molar-refractivity contribution in [2.75, 3.05) is 0 Å². The summed E-state index contributed by atoms with van der Waals surface area (Å²) in [6, 6.07) is 0. The molecule has 0 saturated heterocycles. The van der Waals surface area contributed by atoms with Crippen molar-refractivity contribution in [2.24, 2.45) is 29.6 Å². The first-order chi connectivity index (χ1) is 6.75. The third-order valence-electron chi connectivity index (χ3n) is 5.36. The molecule has 80 valence electrons. The summed E-state index contributed by atoms with van der Waals surface area (Å²) in [7, 11) is 0. The number of rotatable bonds is 1. The van der Waals surface area contributed by atoms with Crippen LogP contribution in [0.3, 0.4) is 0 Å². The number of alkyl halides is 1. The molecule has 3 fully saturated rings. The zero-order chi connectivity index (χ0) is 9.71. The molecule has 6 unspecified atom stereocenters. The topological polar surface area (TPSA) is 0 Å². The Balaban J connectivity index is 1.71. The Labute approximate surface area is 96.0 Å². The Morgan fingerprint density at radius 1 is 0.929 bits per heavy atom. The molecule has 0 nitrogen and oxygen atoms in total. The van der Waals surface area contributed by atoms with Gasteiger partial charge in [-0.3, -0.25) is 0 Å². The molecule has 0 amide bonds. The molecule has 3 rings (SSSR count). The first-order valence-corrected chi connectivity index (χ1v) is 7.31. The Kier molecular flexibility index (Phi) is 2.42. The van der Waals surface area contributed by atoms with Crippen molar-refractivity contribution in [1.82, 2.24) is 0 Å². The van der Waals surface area contributed by atoms with Gasteiger partial charge in [0.15, 0.2) is 0 Å². The zero-order valence-corrected chi connectivity index (χ0v) is 10.7. The molecule has 3 aliphatic rings. The van der Waals surface area contributed by atoms with Gasteiger partial charge in [0.2, 0.25) is 0 Å². The van der Waals surface area contributed by atoms with Gasteiger partial charge in [-0.2, -0.15) is 0 Å². The Morgan fingerprint density at radius 3 is 2.29 bits per heavy atom. The van der Waals surface area contributed by atoms with Crippen LogP contribution in [0.15, 0.2) is 0 Å². The van der Waals surface area contributed by atoms with Crippen molar-refractivity contribution in [3.8, 4) is 0 Å². The lowest BCUT2D eigenvalue weighted by Gasteiger charge is -2.31. The van der Waals surface area contributed by atoms with Crippen molar-refractivity contribution < 1.29 is 0 Å². The van der Waals surface area contributed by atoms with Crippen LogP contribution in [0.2, 0.25) is 0 Å². The predicted molar refractivity (Wildman–Crippen MR) is 63.5 cm³/mol. The van der Waals surface area contributed by atoms with Gasteiger partial charge in [0.25, 0.3) is 0 Å². The molecule has 2 bridgehead atoms. The molecule has 0 heterocycles. The summed E-state index contributed by atoms with van der Waals surface area (Å²) in [5.74, 6) is 5.39. The van der Waals surface area contributed by atoms with Crippen molar-refractivity contribution in [1.29, 1.82) is 0 Å². The van der Waals surface area contributed by atoms with Crippen molar-refractivity contribution in [2.45, 2.75) is 50.3 Å². The van der Waals surface area contributed by atoms with E-state index in [1.807, 2.05) is 0 Å². The second kappa shape index (κ2) is 3.50. The van der Waals surface area contributed by atoms with Crippen molar-refractivity contribution >= 4 is 15.9 Å². The van der Waals surface area contributed by atoms with E-state index in [2.05, 4.69) is 22.9 Å². The Morgan fingerprint density at radius 2 is 1.79 bits per heavy atom. The second-order valence-corrected chi connectivity index (χ2v) is 7.13. The summed E-state index contributed by atoms with van der Waals surface area (Å²) in [6.45, 7) is 2.48. The molecule has 0 N–H and O–H groups in total. The monoisotopic (exact) mass is 256 g/mol. The molecule has 3 saturated carbocycles. The molecular weight excluding hydrogens is 236 g/mol. The fraction of sp³-hybridized carbons (Fsp3) is 1.00. The van der Waals surface area contributed by atoms with Gasteiger partial charge in [0.1, 0.15) is 0 Å². The maximum atomic E-state index is 3.84. The third kappa shape index (κ3) is 1.38. The standard InChI is InChI=1S/C13H21Br/c1-8-11(4-5-13(8)14)12-7-9-2-3-10(12)6-9/h8-13H,2-7H2,1H3. The Hall–Kier alpha value is 0.480. The molecule has 0 aromatic carbocycles. The highest BCUT2D eigenvalue weighted by Crippen LogP contribution is 2.55. The molecule has 6 atom stereocenters. The smallest absolute Gasteiger partial charge is 0.0174 e. The van der Waals surface area contributed by atoms with Gasteiger partial charge in [-0.1, -0.05) is 29.3 Å². The highest BCUT2D eigenvalue weighted by molar-refractivity contribution is 9.09. The van der Waals surface area contributed by atoms with Crippen LogP contribution in [0.25, 0.3) is 0 Å². The Bertz CT molecular complexity index is 223. The van der Waals surface area contributed by atoms with Gasteiger partial charge in [-0.15, -0.1) is 0 Å². The van der Waals surface area contributed by atoms with Gasteiger partial charge in [-0.25, -0.2) is 0 Å². The lowest BCUT2D eigenvalue weighted by atomic mass is 9.75. The van der Waals surface area contributed by atoms with Crippen molar-refractivity contribution in [3.63, 3.8) is 0 Å². The van der Waals surface area contributed by atoms with Gasteiger partial charge in [0, 0.05) is 4.83 Å². The molecule has 0 radical (unpaired) electrons. The summed E-state index contributed by atoms with van der Waals surface area (Å²) < 4.78 is 0. The van der Waals surface area contributed by atoms with E-state index >= 15 is 0 Å². The van der Waals surface area contributed by atoms with Gasteiger partial charge < -0.3 is 0 Å². The van der Waals surface area contributed by atoms with E-state index in [1.165, 1.54) is 12.8 Å². The van der Waals surface area contributed by atoms with Crippen LogP contribution in [0.5, 0.6) is 0 Å². The van der Waals surface area contributed by atoms with Crippen LogP contribution < -0.4 is 0 Å². The van der Waals surface area contributed by atoms with E-state index in [1.54, 1.807) is 25.7 Å². The lowest BCUT2D eigenvalue weighted by Crippen LogP contribution is -2.24. The van der Waals surface area contributed by atoms with Crippen LogP contribution in [0.1, 0.15) is 45.4 Å². The maximum absolute atomic E-state index is 3.84. The lowest BCUT2D eigenvalue weighted by molar-refractivity contribution is 0.194. The highest BCUT2D eigenvalue weighted by Gasteiger charge is 2.46. The minimum Gasteiger partial charge on any atom is -0.0888 e. The second-order valence-electron chi connectivity index (χ2n) is 5.96. The summed E-state index contributed by atoms with van der Waals surface area (Å²) in [5.41, 5.74) is 0. The largest absolute Gasteiger partial charge is 0.0888 e. The minimum atomic E-state index is 0.826. The minimum absolute atomic E-state index is 0.826. The van der Waals surface area contributed by atoms with E-state index in [0.29, 0.717) is 0 Å². The van der Waals surface area contributed by atoms with Gasteiger partial charge in [0.05, 0.1) is 0 Å². The quantitative estimate of drug-likeness (QED) is 0.616. The summed E-state index contributed by atoms with van der Waals surface area (Å²) in [5, 5.41) is 0. The first-order valence-electron chi connectivity index (χ1n) is 6.39. The van der Waals surface area contributed by atoms with Crippen LogP contribution in [0.4, 0.5) is 0 Å². The molecule has 3 aliphatic carbocycles. The summed E-state index contributed by atoms with van der Waals surface area (Å²) in [4.78, 5) is 0.826. The number of fused-ring (bicyclic) bond motifs is 2. The van der Waals surface area contributed by atoms with E-state index < -0.39 is 0 Å². The molecule has 0 aliphatic heterocycles. The molecule has 14 heavy (non-hydrogen) atoms. The summed E-state index contributed by atoms with van der Waals surface area (Å²) in [6.07, 6.45) is 9.22. The molecule has 0 aromatic rings. The molecule has 1 heteroatoms. The normalized spacial score (nSPS) is 57.0. The average Bonchev–Trinajstić information content (AvgIpc) is 2.84. The third-order valence-corrected chi connectivity index (χ3v) is 6.66. The predicted octanol–water partition coefficient (Wildman–Crippen LogP) is 4.23. The SMILES string of the molecule is CC1C(Br)CCC1C1CC2CCC1C2. The molecule has 0 spiro atoms. The van der Waals surface area contributed by atoms with E-state index in [9.17, 15) is 0 Å².